The van der Waals surface area contributed by atoms with Crippen molar-refractivity contribution in [2.45, 2.75) is 20.4 Å². The highest BCUT2D eigenvalue weighted by Crippen LogP contribution is 2.29. The first kappa shape index (κ1) is 21.4. The lowest BCUT2D eigenvalue weighted by atomic mass is 10.2. The van der Waals surface area contributed by atoms with E-state index in [4.69, 9.17) is 32.7 Å². The summed E-state index contributed by atoms with van der Waals surface area (Å²) >= 11 is 12.0. The maximum absolute atomic E-state index is 12.4. The zero-order valence-corrected chi connectivity index (χ0v) is 17.2. The molecule has 146 valence electrons. The zero-order chi connectivity index (χ0) is 19.8. The van der Waals surface area contributed by atoms with Gasteiger partial charge in [0, 0.05) is 11.6 Å². The summed E-state index contributed by atoms with van der Waals surface area (Å²) in [6.45, 7) is 6.08. The van der Waals surface area contributed by atoms with Gasteiger partial charge in [0.2, 0.25) is 5.91 Å². The lowest BCUT2D eigenvalue weighted by Gasteiger charge is -2.21. The summed E-state index contributed by atoms with van der Waals surface area (Å²) in [7, 11) is 1.61. The van der Waals surface area contributed by atoms with Crippen molar-refractivity contribution in [2.75, 3.05) is 32.1 Å². The molecule has 0 radical (unpaired) electrons. The number of hydrogen-bond donors (Lipinski definition) is 1. The molecule has 2 rings (SSSR count). The highest BCUT2D eigenvalue weighted by Gasteiger charge is 2.13. The van der Waals surface area contributed by atoms with Gasteiger partial charge in [0.15, 0.2) is 11.5 Å². The van der Waals surface area contributed by atoms with Crippen LogP contribution < -0.4 is 14.8 Å². The fourth-order valence-electron chi connectivity index (χ4n) is 2.61. The van der Waals surface area contributed by atoms with E-state index in [1.807, 2.05) is 36.9 Å². The van der Waals surface area contributed by atoms with Crippen molar-refractivity contribution in [2.24, 2.45) is 0 Å². The van der Waals surface area contributed by atoms with Crippen molar-refractivity contribution < 1.29 is 14.3 Å². The Morgan fingerprint density at radius 1 is 1.11 bits per heavy atom. The molecule has 0 bridgehead atoms. The van der Waals surface area contributed by atoms with Crippen LogP contribution in [0.5, 0.6) is 11.5 Å². The van der Waals surface area contributed by atoms with E-state index in [2.05, 4.69) is 5.32 Å². The van der Waals surface area contributed by atoms with Gasteiger partial charge < -0.3 is 14.8 Å². The number of carbonyl (C=O) groups is 1. The molecule has 27 heavy (non-hydrogen) atoms. The Bertz CT molecular complexity index is 784. The van der Waals surface area contributed by atoms with Crippen molar-refractivity contribution in [3.05, 3.63) is 52.0 Å². The third kappa shape index (κ3) is 6.31. The molecule has 0 aliphatic rings. The summed E-state index contributed by atoms with van der Waals surface area (Å²) in [4.78, 5) is 14.4. The number of methoxy groups -OCH3 is 1. The van der Waals surface area contributed by atoms with Crippen molar-refractivity contribution >= 4 is 34.8 Å². The van der Waals surface area contributed by atoms with Crippen LogP contribution in [0.2, 0.25) is 10.0 Å². The lowest BCUT2D eigenvalue weighted by Crippen LogP contribution is -2.32. The molecule has 0 saturated heterocycles. The Balaban J connectivity index is 2.01. The number of ether oxygens (including phenoxy) is 2. The van der Waals surface area contributed by atoms with Gasteiger partial charge in [-0.2, -0.15) is 0 Å². The van der Waals surface area contributed by atoms with Crippen LogP contribution in [0.15, 0.2) is 36.4 Å². The standard InChI is InChI=1S/C20H24Cl2N2O3/c1-4-24(12-14-6-9-18(27-5-2)19(10-14)26-3)13-20(25)23-17-8-7-15(21)11-16(17)22/h6-11H,4-5,12-13H2,1-3H3,(H,23,25). The molecular formula is C20H24Cl2N2O3. The van der Waals surface area contributed by atoms with Crippen molar-refractivity contribution in [3.8, 4) is 11.5 Å². The number of carbonyl (C=O) groups excluding carboxylic acids is 1. The van der Waals surface area contributed by atoms with E-state index in [0.29, 0.717) is 40.4 Å². The van der Waals surface area contributed by atoms with Crippen molar-refractivity contribution in [1.82, 2.24) is 4.90 Å². The van der Waals surface area contributed by atoms with Crippen LogP contribution in [0.1, 0.15) is 19.4 Å². The number of amides is 1. The molecule has 0 atom stereocenters. The highest BCUT2D eigenvalue weighted by atomic mass is 35.5. The average molecular weight is 411 g/mol. The minimum atomic E-state index is -0.140. The molecule has 7 heteroatoms. The van der Waals surface area contributed by atoms with Crippen molar-refractivity contribution in [3.63, 3.8) is 0 Å². The predicted octanol–water partition coefficient (Wildman–Crippen LogP) is 4.86. The maximum atomic E-state index is 12.4. The van der Waals surface area contributed by atoms with Crippen LogP contribution >= 0.6 is 23.2 Å². The smallest absolute Gasteiger partial charge is 0.238 e. The molecule has 0 spiro atoms. The fourth-order valence-corrected chi connectivity index (χ4v) is 3.06. The van der Waals surface area contributed by atoms with E-state index in [0.717, 1.165) is 12.1 Å². The number of likely N-dealkylation sites (N-methyl/N-ethyl adjacent to an activating group) is 1. The number of hydrogen-bond acceptors (Lipinski definition) is 4. The third-order valence-corrected chi connectivity index (χ3v) is 4.50. The van der Waals surface area contributed by atoms with Gasteiger partial charge in [-0.05, 0) is 49.4 Å². The van der Waals surface area contributed by atoms with E-state index < -0.39 is 0 Å². The second kappa shape index (κ2) is 10.4. The van der Waals surface area contributed by atoms with Crippen LogP contribution in [0.3, 0.4) is 0 Å². The molecule has 0 fully saturated rings. The molecular weight excluding hydrogens is 387 g/mol. The van der Waals surface area contributed by atoms with E-state index in [9.17, 15) is 4.79 Å². The minimum absolute atomic E-state index is 0.140. The summed E-state index contributed by atoms with van der Waals surface area (Å²) in [5.74, 6) is 1.25. The molecule has 5 nitrogen and oxygen atoms in total. The average Bonchev–Trinajstić information content (AvgIpc) is 2.64. The Morgan fingerprint density at radius 2 is 1.89 bits per heavy atom. The first-order chi connectivity index (χ1) is 13.0. The highest BCUT2D eigenvalue weighted by molar-refractivity contribution is 6.36. The van der Waals surface area contributed by atoms with Crippen molar-refractivity contribution in [1.29, 1.82) is 0 Å². The Morgan fingerprint density at radius 3 is 2.52 bits per heavy atom. The summed E-state index contributed by atoms with van der Waals surface area (Å²) < 4.78 is 10.9. The van der Waals surface area contributed by atoms with Crippen LogP contribution in [-0.2, 0) is 11.3 Å². The SMILES string of the molecule is CCOc1ccc(CN(CC)CC(=O)Nc2ccc(Cl)cc2Cl)cc1OC. The lowest BCUT2D eigenvalue weighted by molar-refractivity contribution is -0.117. The number of halogens is 2. The number of nitrogens with one attached hydrogen (secondary N) is 1. The molecule has 2 aromatic rings. The molecule has 0 aromatic heterocycles. The van der Waals surface area contributed by atoms with E-state index in [1.54, 1.807) is 25.3 Å². The monoisotopic (exact) mass is 410 g/mol. The number of anilines is 1. The summed E-state index contributed by atoms with van der Waals surface area (Å²) in [6, 6.07) is 10.8. The molecule has 1 N–H and O–H groups in total. The summed E-state index contributed by atoms with van der Waals surface area (Å²) in [6.07, 6.45) is 0. The van der Waals surface area contributed by atoms with Gasteiger partial charge in [-0.3, -0.25) is 9.69 Å². The Kier molecular flexibility index (Phi) is 8.23. The summed E-state index contributed by atoms with van der Waals surface area (Å²) in [5.41, 5.74) is 1.58. The Labute approximate surface area is 170 Å². The molecule has 0 aliphatic carbocycles. The quantitative estimate of drug-likeness (QED) is 0.640. The number of rotatable bonds is 9. The van der Waals surface area contributed by atoms with Gasteiger partial charge in [0.1, 0.15) is 0 Å². The van der Waals surface area contributed by atoms with Crippen LogP contribution in [-0.4, -0.2) is 37.6 Å². The molecule has 0 aliphatic heterocycles. The largest absolute Gasteiger partial charge is 0.493 e. The molecule has 0 heterocycles. The van der Waals surface area contributed by atoms with Gasteiger partial charge in [-0.25, -0.2) is 0 Å². The van der Waals surface area contributed by atoms with Gasteiger partial charge in [-0.1, -0.05) is 36.2 Å². The fraction of sp³-hybridized carbons (Fsp3) is 0.350. The number of benzene rings is 2. The number of nitrogens with zero attached hydrogens (tertiary/aromatic N) is 1. The minimum Gasteiger partial charge on any atom is -0.493 e. The van der Waals surface area contributed by atoms with Crippen LogP contribution in [0.4, 0.5) is 5.69 Å². The predicted molar refractivity (Wildman–Crippen MR) is 110 cm³/mol. The van der Waals surface area contributed by atoms with E-state index >= 15 is 0 Å². The molecule has 0 unspecified atom stereocenters. The van der Waals surface area contributed by atoms with Crippen LogP contribution in [0.25, 0.3) is 0 Å². The van der Waals surface area contributed by atoms with E-state index in [1.165, 1.54) is 0 Å². The third-order valence-electron chi connectivity index (χ3n) is 3.95. The van der Waals surface area contributed by atoms with Gasteiger partial charge in [-0.15, -0.1) is 0 Å². The second-order valence-corrected chi connectivity index (χ2v) is 6.74. The summed E-state index contributed by atoms with van der Waals surface area (Å²) in [5, 5.41) is 3.76. The first-order valence-electron chi connectivity index (χ1n) is 8.73. The van der Waals surface area contributed by atoms with Gasteiger partial charge in [0.25, 0.3) is 0 Å². The normalized spacial score (nSPS) is 10.7. The molecule has 0 saturated carbocycles. The van der Waals surface area contributed by atoms with E-state index in [-0.39, 0.29) is 12.5 Å². The second-order valence-electron chi connectivity index (χ2n) is 5.89. The van der Waals surface area contributed by atoms with Crippen LogP contribution in [0, 0.1) is 0 Å². The Hall–Kier alpha value is -1.95. The van der Waals surface area contributed by atoms with Gasteiger partial charge >= 0.3 is 0 Å². The topological polar surface area (TPSA) is 50.8 Å². The van der Waals surface area contributed by atoms with Gasteiger partial charge in [0.05, 0.1) is 31.0 Å². The molecule has 1 amide bonds. The molecule has 2 aromatic carbocycles. The maximum Gasteiger partial charge on any atom is 0.238 e. The first-order valence-corrected chi connectivity index (χ1v) is 9.49. The zero-order valence-electron chi connectivity index (χ0n) is 15.7.